The summed E-state index contributed by atoms with van der Waals surface area (Å²) in [5.74, 6) is 0.834. The molecule has 1 aromatic carbocycles. The fourth-order valence-corrected chi connectivity index (χ4v) is 4.02. The maximum atomic E-state index is 12.4. The van der Waals surface area contributed by atoms with Crippen molar-refractivity contribution < 1.29 is 18.7 Å². The normalized spacial score (nSPS) is 13.6. The van der Waals surface area contributed by atoms with Crippen LogP contribution in [0.25, 0.3) is 22.3 Å². The number of unbranched alkanes of at least 4 members (excludes halogenated alkanes) is 2. The second-order valence-electron chi connectivity index (χ2n) is 10.0. The van der Waals surface area contributed by atoms with E-state index in [1.165, 1.54) is 18.4 Å². The molecule has 0 aliphatic carbocycles. The molecular formula is C28H38N2O4. The lowest BCUT2D eigenvalue weighted by Gasteiger charge is -2.28. The van der Waals surface area contributed by atoms with Crippen LogP contribution in [-0.2, 0) is 16.0 Å². The molecule has 2 unspecified atom stereocenters. The van der Waals surface area contributed by atoms with Gasteiger partial charge in [0.15, 0.2) is 0 Å². The van der Waals surface area contributed by atoms with E-state index >= 15 is 0 Å². The topological polar surface area (TPSA) is 87.6 Å². The lowest BCUT2D eigenvalue weighted by Crippen LogP contribution is -2.37. The summed E-state index contributed by atoms with van der Waals surface area (Å²) in [4.78, 5) is 16.7. The predicted octanol–water partition coefficient (Wildman–Crippen LogP) is 6.16. The lowest BCUT2D eigenvalue weighted by molar-refractivity contribution is -0.154. The number of hydrogen-bond acceptors (Lipinski definition) is 6. The number of esters is 1. The molecule has 2 N–H and O–H groups in total. The Balaban J connectivity index is 1.67. The third-order valence-electron chi connectivity index (χ3n) is 6.08. The molecule has 0 bridgehead atoms. The number of carbonyl (C=O) groups is 1. The van der Waals surface area contributed by atoms with Crippen LogP contribution < -0.4 is 10.5 Å². The van der Waals surface area contributed by atoms with Crippen molar-refractivity contribution in [2.75, 3.05) is 13.2 Å². The van der Waals surface area contributed by atoms with Crippen LogP contribution in [0.2, 0.25) is 0 Å². The second-order valence-corrected chi connectivity index (χ2v) is 10.0. The van der Waals surface area contributed by atoms with Crippen molar-refractivity contribution in [1.82, 2.24) is 4.98 Å². The van der Waals surface area contributed by atoms with E-state index in [9.17, 15) is 4.79 Å². The standard InChI is InChI=1S/C28H38N2O4/c1-6-7-8-9-20-12-13-30-17-23(20)26-14-21-10-11-22(15-25(21)34-26)33-19(2)18-32-27(31)24(16-29)28(3,4)5/h10-15,17,19,24H,6-9,16,18,29H2,1-5H3. The number of hydrogen-bond donors (Lipinski definition) is 1. The van der Waals surface area contributed by atoms with Crippen LogP contribution >= 0.6 is 0 Å². The first-order valence-electron chi connectivity index (χ1n) is 12.2. The molecule has 0 aliphatic heterocycles. The molecule has 2 heterocycles. The van der Waals surface area contributed by atoms with Crippen LogP contribution in [-0.4, -0.2) is 30.2 Å². The molecule has 0 aliphatic rings. The Morgan fingerprint density at radius 3 is 2.68 bits per heavy atom. The van der Waals surface area contributed by atoms with Gasteiger partial charge in [-0.15, -0.1) is 0 Å². The zero-order chi connectivity index (χ0) is 24.7. The molecule has 3 aromatic rings. The zero-order valence-corrected chi connectivity index (χ0v) is 21.1. The smallest absolute Gasteiger partial charge is 0.310 e. The Labute approximate surface area is 202 Å². The summed E-state index contributed by atoms with van der Waals surface area (Å²) in [5, 5.41) is 1.00. The van der Waals surface area contributed by atoms with Crippen LogP contribution in [0.15, 0.2) is 47.1 Å². The van der Waals surface area contributed by atoms with Gasteiger partial charge in [-0.25, -0.2) is 0 Å². The Bertz CT molecular complexity index is 1080. The summed E-state index contributed by atoms with van der Waals surface area (Å²) >= 11 is 0. The molecule has 0 radical (unpaired) electrons. The van der Waals surface area contributed by atoms with E-state index < -0.39 is 0 Å². The van der Waals surface area contributed by atoms with Crippen molar-refractivity contribution >= 4 is 16.9 Å². The predicted molar refractivity (Wildman–Crippen MR) is 136 cm³/mol. The average Bonchev–Trinajstić information content (AvgIpc) is 3.21. The Hall–Kier alpha value is -2.86. The Kier molecular flexibility index (Phi) is 8.72. The van der Waals surface area contributed by atoms with E-state index in [1.54, 1.807) is 0 Å². The molecule has 0 saturated carbocycles. The van der Waals surface area contributed by atoms with Crippen LogP contribution in [0.5, 0.6) is 5.75 Å². The highest BCUT2D eigenvalue weighted by Crippen LogP contribution is 2.32. The molecule has 3 rings (SSSR count). The van der Waals surface area contributed by atoms with Gasteiger partial charge in [0.05, 0.1) is 5.92 Å². The summed E-state index contributed by atoms with van der Waals surface area (Å²) in [6.07, 6.45) is 7.96. The number of aryl methyl sites for hydroxylation is 1. The molecule has 0 saturated heterocycles. The number of fused-ring (bicyclic) bond motifs is 1. The molecule has 2 atom stereocenters. The van der Waals surface area contributed by atoms with E-state index in [0.717, 1.165) is 35.1 Å². The van der Waals surface area contributed by atoms with Gasteiger partial charge in [-0.3, -0.25) is 9.78 Å². The van der Waals surface area contributed by atoms with E-state index in [4.69, 9.17) is 19.6 Å². The minimum Gasteiger partial charge on any atom is -0.487 e. The number of aromatic nitrogens is 1. The number of ether oxygens (including phenoxy) is 2. The van der Waals surface area contributed by atoms with Gasteiger partial charge in [0.2, 0.25) is 0 Å². The molecule has 0 fully saturated rings. The van der Waals surface area contributed by atoms with Crippen LogP contribution in [0.4, 0.5) is 0 Å². The molecule has 6 heteroatoms. The van der Waals surface area contributed by atoms with Gasteiger partial charge < -0.3 is 19.6 Å². The summed E-state index contributed by atoms with van der Waals surface area (Å²) in [5.41, 5.74) is 8.56. The zero-order valence-electron chi connectivity index (χ0n) is 21.1. The highest BCUT2D eigenvalue weighted by molar-refractivity contribution is 5.84. The number of carbonyl (C=O) groups excluding carboxylic acids is 1. The summed E-state index contributed by atoms with van der Waals surface area (Å²) in [6, 6.07) is 9.88. The number of pyridine rings is 1. The first-order chi connectivity index (χ1) is 16.2. The van der Waals surface area contributed by atoms with Crippen molar-refractivity contribution in [3.63, 3.8) is 0 Å². The van der Waals surface area contributed by atoms with Crippen LogP contribution in [0, 0.1) is 11.3 Å². The van der Waals surface area contributed by atoms with Crippen LogP contribution in [0.1, 0.15) is 59.4 Å². The van der Waals surface area contributed by atoms with E-state index in [0.29, 0.717) is 5.75 Å². The SMILES string of the molecule is CCCCCc1ccncc1-c1cc2ccc(OC(C)COC(=O)C(CN)C(C)(C)C)cc2o1. The summed E-state index contributed by atoms with van der Waals surface area (Å²) in [7, 11) is 0. The number of rotatable bonds is 11. The monoisotopic (exact) mass is 466 g/mol. The number of furan rings is 1. The maximum Gasteiger partial charge on any atom is 0.310 e. The van der Waals surface area contributed by atoms with Gasteiger partial charge in [-0.2, -0.15) is 0 Å². The Morgan fingerprint density at radius 1 is 1.18 bits per heavy atom. The number of nitrogens with zero attached hydrogens (tertiary/aromatic N) is 1. The molecule has 2 aromatic heterocycles. The van der Waals surface area contributed by atoms with Crippen molar-refractivity contribution in [3.05, 3.63) is 48.3 Å². The molecule has 0 amide bonds. The first-order valence-corrected chi connectivity index (χ1v) is 12.2. The van der Waals surface area contributed by atoms with E-state index in [-0.39, 0.29) is 36.6 Å². The fraction of sp³-hybridized carbons (Fsp3) is 0.500. The number of benzene rings is 1. The molecule has 6 nitrogen and oxygen atoms in total. The fourth-order valence-electron chi connectivity index (χ4n) is 4.02. The van der Waals surface area contributed by atoms with Crippen LogP contribution in [0.3, 0.4) is 0 Å². The lowest BCUT2D eigenvalue weighted by atomic mass is 9.81. The van der Waals surface area contributed by atoms with E-state index in [1.807, 2.05) is 64.4 Å². The minimum atomic E-state index is -0.350. The second kappa shape index (κ2) is 11.5. The summed E-state index contributed by atoms with van der Waals surface area (Å²) < 4.78 is 17.7. The largest absolute Gasteiger partial charge is 0.487 e. The third kappa shape index (κ3) is 6.60. The molecule has 34 heavy (non-hydrogen) atoms. The first kappa shape index (κ1) is 25.8. The maximum absolute atomic E-state index is 12.4. The summed E-state index contributed by atoms with van der Waals surface area (Å²) in [6.45, 7) is 10.4. The molecule has 0 spiro atoms. The molecular weight excluding hydrogens is 428 g/mol. The minimum absolute atomic E-state index is 0.156. The van der Waals surface area contributed by atoms with Crippen molar-refractivity contribution in [3.8, 4) is 17.1 Å². The van der Waals surface area contributed by atoms with Gasteiger partial charge in [0.1, 0.15) is 29.8 Å². The van der Waals surface area contributed by atoms with Crippen molar-refractivity contribution in [2.24, 2.45) is 17.1 Å². The van der Waals surface area contributed by atoms with Gasteiger partial charge in [-0.1, -0.05) is 40.5 Å². The van der Waals surface area contributed by atoms with E-state index in [2.05, 4.69) is 18.0 Å². The van der Waals surface area contributed by atoms with Gasteiger partial charge >= 0.3 is 5.97 Å². The van der Waals surface area contributed by atoms with Gasteiger partial charge in [0, 0.05) is 36.0 Å². The highest BCUT2D eigenvalue weighted by atomic mass is 16.6. The number of nitrogens with two attached hydrogens (primary N) is 1. The molecule has 184 valence electrons. The van der Waals surface area contributed by atoms with Crippen molar-refractivity contribution in [1.29, 1.82) is 0 Å². The third-order valence-corrected chi connectivity index (χ3v) is 6.08. The van der Waals surface area contributed by atoms with Gasteiger partial charge in [-0.05, 0) is 55.0 Å². The van der Waals surface area contributed by atoms with Crippen molar-refractivity contribution in [2.45, 2.75) is 66.4 Å². The highest BCUT2D eigenvalue weighted by Gasteiger charge is 2.31. The average molecular weight is 467 g/mol. The quantitative estimate of drug-likeness (QED) is 0.269. The Morgan fingerprint density at radius 2 is 1.97 bits per heavy atom. The van der Waals surface area contributed by atoms with Gasteiger partial charge in [0.25, 0.3) is 0 Å².